The molecule has 3 nitrogen and oxygen atoms in total. The Morgan fingerprint density at radius 3 is 2.67 bits per heavy atom. The Labute approximate surface area is 93.9 Å². The van der Waals surface area contributed by atoms with Gasteiger partial charge in [0.05, 0.1) is 5.69 Å². The van der Waals surface area contributed by atoms with Gasteiger partial charge in [-0.05, 0) is 19.3 Å². The van der Waals surface area contributed by atoms with Crippen molar-refractivity contribution in [2.75, 3.05) is 5.73 Å². The molecule has 0 unspecified atom stereocenters. The Morgan fingerprint density at radius 2 is 2.13 bits per heavy atom. The van der Waals surface area contributed by atoms with Crippen LogP contribution in [0.3, 0.4) is 0 Å². The first-order valence-electron chi connectivity index (χ1n) is 5.32. The molecule has 0 bridgehead atoms. The van der Waals surface area contributed by atoms with Crippen molar-refractivity contribution >= 4 is 22.1 Å². The Balaban J connectivity index is 2.75. The van der Waals surface area contributed by atoms with Crippen molar-refractivity contribution in [2.45, 2.75) is 40.0 Å². The summed E-state index contributed by atoms with van der Waals surface area (Å²) in [4.78, 5) is 6.95. The Kier molecular flexibility index (Phi) is 2.46. The second-order valence-electron chi connectivity index (χ2n) is 4.11. The summed E-state index contributed by atoms with van der Waals surface area (Å²) in [5.41, 5.74) is 8.46. The summed E-state index contributed by atoms with van der Waals surface area (Å²) in [6, 6.07) is 0. The molecule has 0 spiro atoms. The highest BCUT2D eigenvalue weighted by Crippen LogP contribution is 2.30. The molecule has 2 rings (SSSR count). The monoisotopic (exact) mass is 223 g/mol. The van der Waals surface area contributed by atoms with E-state index in [0.717, 1.165) is 22.9 Å². The quantitative estimate of drug-likeness (QED) is 0.850. The lowest BCUT2D eigenvalue weighted by atomic mass is 10.1. The molecular weight excluding hydrogens is 206 g/mol. The maximum Gasteiger partial charge on any atom is 0.196 e. The average Bonchev–Trinajstić information content (AvgIpc) is 2.63. The number of nitrogens with zero attached hydrogens (tertiary/aromatic N) is 2. The van der Waals surface area contributed by atoms with Crippen LogP contribution >= 0.6 is 11.3 Å². The fourth-order valence-corrected chi connectivity index (χ4v) is 3.01. The third-order valence-corrected chi connectivity index (χ3v) is 3.71. The first-order chi connectivity index (χ1) is 7.06. The lowest BCUT2D eigenvalue weighted by molar-refractivity contribution is 0.837. The second kappa shape index (κ2) is 3.52. The predicted molar refractivity (Wildman–Crippen MR) is 65.7 cm³/mol. The second-order valence-corrected chi connectivity index (χ2v) is 5.30. The summed E-state index contributed by atoms with van der Waals surface area (Å²) >= 11 is 1.73. The van der Waals surface area contributed by atoms with E-state index in [4.69, 9.17) is 5.73 Å². The van der Waals surface area contributed by atoms with E-state index in [9.17, 15) is 0 Å². The molecule has 0 saturated carbocycles. The van der Waals surface area contributed by atoms with E-state index in [1.54, 1.807) is 11.3 Å². The van der Waals surface area contributed by atoms with Gasteiger partial charge in [-0.2, -0.15) is 0 Å². The van der Waals surface area contributed by atoms with E-state index >= 15 is 0 Å². The normalized spacial score (nSPS) is 11.8. The molecule has 4 heteroatoms. The van der Waals surface area contributed by atoms with Crippen molar-refractivity contribution in [3.05, 3.63) is 16.3 Å². The Morgan fingerprint density at radius 1 is 1.47 bits per heavy atom. The van der Waals surface area contributed by atoms with Gasteiger partial charge in [-0.25, -0.2) is 4.98 Å². The van der Waals surface area contributed by atoms with Crippen molar-refractivity contribution in [3.63, 3.8) is 0 Å². The van der Waals surface area contributed by atoms with E-state index in [0.29, 0.717) is 5.92 Å². The highest BCUT2D eigenvalue weighted by Gasteiger charge is 2.17. The molecule has 0 atom stereocenters. The highest BCUT2D eigenvalue weighted by atomic mass is 32.1. The molecule has 2 N–H and O–H groups in total. The standard InChI is InChI=1S/C11H17N3S/c1-5-8-7(4)15-11-13-9(6(2)3)10(12)14(8)11/h6H,5,12H2,1-4H3. The van der Waals surface area contributed by atoms with Gasteiger partial charge in [0.25, 0.3) is 0 Å². The van der Waals surface area contributed by atoms with Crippen LogP contribution in [0.15, 0.2) is 0 Å². The summed E-state index contributed by atoms with van der Waals surface area (Å²) in [5, 5.41) is 0. The number of aryl methyl sites for hydroxylation is 2. The van der Waals surface area contributed by atoms with E-state index < -0.39 is 0 Å². The van der Waals surface area contributed by atoms with Gasteiger partial charge in [0.2, 0.25) is 0 Å². The molecular formula is C11H17N3S. The molecule has 0 fully saturated rings. The molecule has 0 aliphatic rings. The first-order valence-corrected chi connectivity index (χ1v) is 6.14. The molecule has 2 heterocycles. The minimum absolute atomic E-state index is 0.391. The van der Waals surface area contributed by atoms with E-state index in [1.807, 2.05) is 0 Å². The summed E-state index contributed by atoms with van der Waals surface area (Å²) in [7, 11) is 0. The molecule has 0 radical (unpaired) electrons. The van der Waals surface area contributed by atoms with Gasteiger partial charge in [0.1, 0.15) is 5.82 Å². The smallest absolute Gasteiger partial charge is 0.196 e. The number of aromatic nitrogens is 2. The van der Waals surface area contributed by atoms with E-state index in [1.165, 1.54) is 10.6 Å². The van der Waals surface area contributed by atoms with Gasteiger partial charge < -0.3 is 5.73 Å². The van der Waals surface area contributed by atoms with Gasteiger partial charge in [-0.3, -0.25) is 4.40 Å². The van der Waals surface area contributed by atoms with Crippen LogP contribution in [-0.2, 0) is 6.42 Å². The number of nitrogen functional groups attached to an aromatic ring is 1. The van der Waals surface area contributed by atoms with Crippen molar-refractivity contribution in [1.29, 1.82) is 0 Å². The van der Waals surface area contributed by atoms with Gasteiger partial charge in [0.15, 0.2) is 4.96 Å². The van der Waals surface area contributed by atoms with Crippen LogP contribution in [-0.4, -0.2) is 9.38 Å². The maximum atomic E-state index is 6.14. The summed E-state index contributed by atoms with van der Waals surface area (Å²) in [6.45, 7) is 8.54. The zero-order valence-corrected chi connectivity index (χ0v) is 10.5. The van der Waals surface area contributed by atoms with Gasteiger partial charge in [-0.15, -0.1) is 11.3 Å². The van der Waals surface area contributed by atoms with Gasteiger partial charge in [0, 0.05) is 10.6 Å². The lowest BCUT2D eigenvalue weighted by Gasteiger charge is -2.03. The van der Waals surface area contributed by atoms with Crippen LogP contribution in [0.2, 0.25) is 0 Å². The number of fused-ring (bicyclic) bond motifs is 1. The zero-order valence-electron chi connectivity index (χ0n) is 9.66. The van der Waals surface area contributed by atoms with Crippen molar-refractivity contribution < 1.29 is 0 Å². The summed E-state index contributed by atoms with van der Waals surface area (Å²) in [6.07, 6.45) is 1.00. The van der Waals surface area contributed by atoms with E-state index in [-0.39, 0.29) is 0 Å². The third kappa shape index (κ3) is 1.44. The molecule has 2 aromatic heterocycles. The van der Waals surface area contributed by atoms with Gasteiger partial charge >= 0.3 is 0 Å². The first kappa shape index (κ1) is 10.5. The molecule has 0 amide bonds. The fourth-order valence-electron chi connectivity index (χ4n) is 1.94. The average molecular weight is 223 g/mol. The van der Waals surface area contributed by atoms with Gasteiger partial charge in [-0.1, -0.05) is 20.8 Å². The maximum absolute atomic E-state index is 6.14. The lowest BCUT2D eigenvalue weighted by Crippen LogP contribution is -2.00. The highest BCUT2D eigenvalue weighted by molar-refractivity contribution is 7.17. The molecule has 0 aliphatic heterocycles. The Hall–Kier alpha value is -1.03. The largest absolute Gasteiger partial charge is 0.383 e. The molecule has 0 aromatic carbocycles. The van der Waals surface area contributed by atoms with Crippen LogP contribution in [0.4, 0.5) is 5.82 Å². The number of nitrogens with two attached hydrogens (primary N) is 1. The number of hydrogen-bond donors (Lipinski definition) is 1. The van der Waals surface area contributed by atoms with Crippen LogP contribution in [0.25, 0.3) is 4.96 Å². The van der Waals surface area contributed by atoms with Crippen molar-refractivity contribution in [1.82, 2.24) is 9.38 Å². The van der Waals surface area contributed by atoms with Crippen molar-refractivity contribution in [3.8, 4) is 0 Å². The zero-order chi connectivity index (χ0) is 11.2. The summed E-state index contributed by atoms with van der Waals surface area (Å²) < 4.78 is 2.11. The van der Waals surface area contributed by atoms with Crippen LogP contribution in [0.5, 0.6) is 0 Å². The number of anilines is 1. The van der Waals surface area contributed by atoms with Crippen LogP contribution in [0.1, 0.15) is 43.0 Å². The van der Waals surface area contributed by atoms with Crippen molar-refractivity contribution in [2.24, 2.45) is 0 Å². The topological polar surface area (TPSA) is 43.3 Å². The summed E-state index contributed by atoms with van der Waals surface area (Å²) in [5.74, 6) is 1.21. The minimum Gasteiger partial charge on any atom is -0.383 e. The number of imidazole rings is 1. The molecule has 15 heavy (non-hydrogen) atoms. The van der Waals surface area contributed by atoms with E-state index in [2.05, 4.69) is 37.1 Å². The predicted octanol–water partition coefficient (Wildman–Crippen LogP) is 2.97. The number of hydrogen-bond acceptors (Lipinski definition) is 3. The molecule has 0 saturated heterocycles. The number of thiazole rings is 1. The fraction of sp³-hybridized carbons (Fsp3) is 0.545. The molecule has 82 valence electrons. The Bertz CT molecular complexity index is 493. The van der Waals surface area contributed by atoms with Crippen LogP contribution in [0, 0.1) is 6.92 Å². The SMILES string of the molecule is CCc1c(C)sc2nc(C(C)C)c(N)n12. The molecule has 2 aromatic rings. The minimum atomic E-state index is 0.391. The third-order valence-electron chi connectivity index (χ3n) is 2.71. The molecule has 0 aliphatic carbocycles. The van der Waals surface area contributed by atoms with Crippen LogP contribution < -0.4 is 5.73 Å². The number of rotatable bonds is 2.